The van der Waals surface area contributed by atoms with Gasteiger partial charge in [-0.3, -0.25) is 9.69 Å². The Kier molecular flexibility index (Phi) is 4.55. The Morgan fingerprint density at radius 1 is 1.15 bits per heavy atom. The third kappa shape index (κ3) is 3.14. The van der Waals surface area contributed by atoms with Crippen LogP contribution in [0.3, 0.4) is 0 Å². The molecule has 3 saturated heterocycles. The van der Waals surface area contributed by atoms with Crippen LogP contribution in [0.15, 0.2) is 0 Å². The number of nitrogens with zero attached hydrogens (tertiary/aromatic N) is 2. The molecule has 114 valence electrons. The quantitative estimate of drug-likeness (QED) is 0.671. The predicted molar refractivity (Wildman–Crippen MR) is 76.6 cm³/mol. The molecule has 6 heteroatoms. The summed E-state index contributed by atoms with van der Waals surface area (Å²) in [5.41, 5.74) is 0. The van der Waals surface area contributed by atoms with E-state index in [1.165, 1.54) is 0 Å². The van der Waals surface area contributed by atoms with Crippen molar-refractivity contribution in [1.82, 2.24) is 20.4 Å². The van der Waals surface area contributed by atoms with Crippen LogP contribution in [0.2, 0.25) is 0 Å². The maximum Gasteiger partial charge on any atom is 0.241 e. The van der Waals surface area contributed by atoms with Crippen LogP contribution in [0.4, 0.5) is 0 Å². The van der Waals surface area contributed by atoms with E-state index >= 15 is 0 Å². The monoisotopic (exact) mass is 282 g/mol. The molecule has 3 fully saturated rings. The van der Waals surface area contributed by atoms with Gasteiger partial charge in [-0.2, -0.15) is 0 Å². The molecule has 0 saturated carbocycles. The Morgan fingerprint density at radius 2 is 1.95 bits per heavy atom. The standard InChI is InChI=1S/C14H26N4O2/c1-11-8-16-13(9-15-11)14(19)18-3-2-12(10-18)17-4-6-20-7-5-17/h11-13,15-16H,2-10H2,1H3. The first-order valence-corrected chi connectivity index (χ1v) is 7.81. The van der Waals surface area contributed by atoms with E-state index in [-0.39, 0.29) is 11.9 Å². The van der Waals surface area contributed by atoms with Gasteiger partial charge in [0.05, 0.1) is 19.3 Å². The van der Waals surface area contributed by atoms with Gasteiger partial charge in [0, 0.05) is 51.4 Å². The number of ether oxygens (including phenoxy) is 1. The molecule has 6 nitrogen and oxygen atoms in total. The summed E-state index contributed by atoms with van der Waals surface area (Å²) >= 11 is 0. The Bertz CT molecular complexity index is 338. The number of carbonyl (C=O) groups is 1. The highest BCUT2D eigenvalue weighted by Crippen LogP contribution is 2.18. The van der Waals surface area contributed by atoms with Crippen molar-refractivity contribution < 1.29 is 9.53 Å². The fourth-order valence-corrected chi connectivity index (χ4v) is 3.36. The van der Waals surface area contributed by atoms with Crippen LogP contribution in [0.1, 0.15) is 13.3 Å². The number of morpholine rings is 1. The molecular weight excluding hydrogens is 256 g/mol. The first-order chi connectivity index (χ1) is 9.74. The zero-order valence-corrected chi connectivity index (χ0v) is 12.3. The zero-order chi connectivity index (χ0) is 13.9. The summed E-state index contributed by atoms with van der Waals surface area (Å²) in [6.07, 6.45) is 1.10. The third-order valence-electron chi connectivity index (χ3n) is 4.68. The van der Waals surface area contributed by atoms with Gasteiger partial charge in [0.25, 0.3) is 0 Å². The second-order valence-corrected chi connectivity index (χ2v) is 6.15. The van der Waals surface area contributed by atoms with E-state index in [4.69, 9.17) is 4.74 Å². The molecule has 3 atom stereocenters. The van der Waals surface area contributed by atoms with Crippen LogP contribution in [-0.2, 0) is 9.53 Å². The Balaban J connectivity index is 1.50. The number of piperazine rings is 1. The molecular formula is C14H26N4O2. The topological polar surface area (TPSA) is 56.8 Å². The van der Waals surface area contributed by atoms with Gasteiger partial charge < -0.3 is 20.3 Å². The van der Waals surface area contributed by atoms with E-state index < -0.39 is 0 Å². The molecule has 0 aromatic rings. The summed E-state index contributed by atoms with van der Waals surface area (Å²) in [7, 11) is 0. The summed E-state index contributed by atoms with van der Waals surface area (Å²) in [4.78, 5) is 17.0. The smallest absolute Gasteiger partial charge is 0.241 e. The Labute approximate surface area is 120 Å². The van der Waals surface area contributed by atoms with E-state index in [9.17, 15) is 4.79 Å². The molecule has 3 heterocycles. The average Bonchev–Trinajstić information content (AvgIpc) is 2.98. The van der Waals surface area contributed by atoms with Crippen LogP contribution >= 0.6 is 0 Å². The molecule has 0 spiro atoms. The molecule has 0 aromatic heterocycles. The lowest BCUT2D eigenvalue weighted by Crippen LogP contribution is -2.59. The predicted octanol–water partition coefficient (Wildman–Crippen LogP) is -1.13. The SMILES string of the molecule is CC1CNC(C(=O)N2CCC(N3CCOCC3)C2)CN1. The van der Waals surface area contributed by atoms with Crippen molar-refractivity contribution in [3.05, 3.63) is 0 Å². The van der Waals surface area contributed by atoms with Gasteiger partial charge in [0.15, 0.2) is 0 Å². The first-order valence-electron chi connectivity index (χ1n) is 7.81. The van der Waals surface area contributed by atoms with Gasteiger partial charge in [0.2, 0.25) is 5.91 Å². The number of nitrogens with one attached hydrogen (secondary N) is 2. The van der Waals surface area contributed by atoms with Gasteiger partial charge in [-0.25, -0.2) is 0 Å². The van der Waals surface area contributed by atoms with E-state index in [1.807, 2.05) is 4.90 Å². The molecule has 3 rings (SSSR count). The summed E-state index contributed by atoms with van der Waals surface area (Å²) in [5, 5.41) is 6.73. The number of likely N-dealkylation sites (tertiary alicyclic amines) is 1. The number of amides is 1. The van der Waals surface area contributed by atoms with E-state index in [0.717, 1.165) is 58.9 Å². The summed E-state index contributed by atoms with van der Waals surface area (Å²) in [6.45, 7) is 9.21. The lowest BCUT2D eigenvalue weighted by atomic mass is 10.1. The normalized spacial score (nSPS) is 36.2. The lowest BCUT2D eigenvalue weighted by Gasteiger charge is -2.33. The highest BCUT2D eigenvalue weighted by molar-refractivity contribution is 5.82. The number of carbonyl (C=O) groups excluding carboxylic acids is 1. The van der Waals surface area contributed by atoms with Crippen LogP contribution in [0, 0.1) is 0 Å². The van der Waals surface area contributed by atoms with Gasteiger partial charge in [-0.1, -0.05) is 0 Å². The summed E-state index contributed by atoms with van der Waals surface area (Å²) in [5.74, 6) is 0.264. The van der Waals surface area contributed by atoms with Crippen LogP contribution in [-0.4, -0.2) is 86.3 Å². The summed E-state index contributed by atoms with van der Waals surface area (Å²) in [6, 6.07) is 0.937. The van der Waals surface area contributed by atoms with Crippen molar-refractivity contribution in [1.29, 1.82) is 0 Å². The molecule has 3 aliphatic rings. The highest BCUT2D eigenvalue weighted by atomic mass is 16.5. The molecule has 3 unspecified atom stereocenters. The minimum absolute atomic E-state index is 0.0466. The fraction of sp³-hybridized carbons (Fsp3) is 0.929. The maximum atomic E-state index is 12.5. The van der Waals surface area contributed by atoms with Gasteiger partial charge in [-0.05, 0) is 13.3 Å². The third-order valence-corrected chi connectivity index (χ3v) is 4.68. The van der Waals surface area contributed by atoms with Gasteiger partial charge >= 0.3 is 0 Å². The number of hydrogen-bond acceptors (Lipinski definition) is 5. The molecule has 1 amide bonds. The van der Waals surface area contributed by atoms with Gasteiger partial charge in [0.1, 0.15) is 0 Å². The molecule has 2 N–H and O–H groups in total. The molecule has 3 aliphatic heterocycles. The van der Waals surface area contributed by atoms with Crippen molar-refractivity contribution in [3.8, 4) is 0 Å². The van der Waals surface area contributed by atoms with Gasteiger partial charge in [-0.15, -0.1) is 0 Å². The lowest BCUT2D eigenvalue weighted by molar-refractivity contribution is -0.133. The number of rotatable bonds is 2. The maximum absolute atomic E-state index is 12.5. The Morgan fingerprint density at radius 3 is 2.65 bits per heavy atom. The molecule has 20 heavy (non-hydrogen) atoms. The molecule has 0 aromatic carbocycles. The fourth-order valence-electron chi connectivity index (χ4n) is 3.36. The molecule has 0 bridgehead atoms. The van der Waals surface area contributed by atoms with Crippen molar-refractivity contribution in [2.75, 3.05) is 52.5 Å². The largest absolute Gasteiger partial charge is 0.379 e. The minimum Gasteiger partial charge on any atom is -0.379 e. The average molecular weight is 282 g/mol. The Hall–Kier alpha value is -0.690. The van der Waals surface area contributed by atoms with Crippen LogP contribution in [0.5, 0.6) is 0 Å². The second kappa shape index (κ2) is 6.39. The zero-order valence-electron chi connectivity index (χ0n) is 12.3. The molecule has 0 aliphatic carbocycles. The van der Waals surface area contributed by atoms with Crippen LogP contribution < -0.4 is 10.6 Å². The van der Waals surface area contributed by atoms with Crippen molar-refractivity contribution in [2.24, 2.45) is 0 Å². The number of hydrogen-bond donors (Lipinski definition) is 2. The molecule has 0 radical (unpaired) electrons. The van der Waals surface area contributed by atoms with E-state index in [0.29, 0.717) is 12.1 Å². The second-order valence-electron chi connectivity index (χ2n) is 6.15. The minimum atomic E-state index is -0.0466. The summed E-state index contributed by atoms with van der Waals surface area (Å²) < 4.78 is 5.40. The van der Waals surface area contributed by atoms with E-state index in [2.05, 4.69) is 22.5 Å². The van der Waals surface area contributed by atoms with Crippen molar-refractivity contribution in [2.45, 2.75) is 31.5 Å². The van der Waals surface area contributed by atoms with Crippen molar-refractivity contribution >= 4 is 5.91 Å². The van der Waals surface area contributed by atoms with Crippen molar-refractivity contribution in [3.63, 3.8) is 0 Å². The first kappa shape index (κ1) is 14.3. The van der Waals surface area contributed by atoms with Crippen LogP contribution in [0.25, 0.3) is 0 Å². The van der Waals surface area contributed by atoms with E-state index in [1.54, 1.807) is 0 Å². The highest BCUT2D eigenvalue weighted by Gasteiger charge is 2.34.